The number of hydrogen-bond acceptors (Lipinski definition) is 1. The fourth-order valence-electron chi connectivity index (χ4n) is 10.0. The molecule has 1 aromatic rings. The van der Waals surface area contributed by atoms with Gasteiger partial charge in [-0.3, -0.25) is 4.48 Å². The van der Waals surface area contributed by atoms with Crippen LogP contribution in [0.2, 0.25) is 0 Å². The van der Waals surface area contributed by atoms with Crippen molar-refractivity contribution in [2.45, 2.75) is 25.2 Å². The SMILES string of the molecule is CN(C)CC(C[N+](C)(C)Cc1cccc(C[N+](C)(C)CC(C[N+](C)(C)C)[N+]23CC[N+](C)(CC2)CC3)c1)[N+]12CC[N+](C)(CC1)CC2. The minimum atomic E-state index is 0.703. The van der Waals surface area contributed by atoms with Crippen molar-refractivity contribution in [3.63, 3.8) is 0 Å². The first-order valence-electron chi connectivity index (χ1n) is 18.3. The van der Waals surface area contributed by atoms with Crippen LogP contribution in [-0.2, 0) is 13.1 Å². The predicted octanol–water partition coefficient (Wildman–Crippen LogP) is 1.43. The number of nitrogens with zero attached hydrogens (tertiary/aromatic N) is 8. The van der Waals surface area contributed by atoms with E-state index in [-0.39, 0.29) is 0 Å². The molecule has 6 saturated heterocycles. The third kappa shape index (κ3) is 8.50. The van der Waals surface area contributed by atoms with Crippen molar-refractivity contribution in [1.29, 1.82) is 0 Å². The second-order valence-electron chi connectivity index (χ2n) is 19.8. The quantitative estimate of drug-likeness (QED) is 0.281. The van der Waals surface area contributed by atoms with E-state index in [0.717, 1.165) is 32.6 Å². The zero-order valence-electron chi connectivity index (χ0n) is 31.8. The molecular weight excluding hydrogens is 556 g/mol. The minimum Gasteiger partial charge on any atom is -0.326 e. The molecule has 0 spiro atoms. The maximum Gasteiger partial charge on any atom is 0.188 e. The van der Waals surface area contributed by atoms with Gasteiger partial charge in [-0.2, -0.15) is 0 Å². The van der Waals surface area contributed by atoms with Crippen molar-refractivity contribution in [3.8, 4) is 0 Å². The van der Waals surface area contributed by atoms with Crippen molar-refractivity contribution < 1.29 is 31.4 Å². The van der Waals surface area contributed by atoms with Crippen molar-refractivity contribution in [2.24, 2.45) is 0 Å². The van der Waals surface area contributed by atoms with E-state index in [0.29, 0.717) is 6.04 Å². The number of piperazine rings is 6. The summed E-state index contributed by atoms with van der Waals surface area (Å²) in [6.07, 6.45) is 0. The number of quaternary nitrogens is 7. The predicted molar refractivity (Wildman–Crippen MR) is 188 cm³/mol. The molecule has 4 bridgehead atoms. The van der Waals surface area contributed by atoms with Gasteiger partial charge in [0, 0.05) is 11.1 Å². The molecule has 2 unspecified atom stereocenters. The van der Waals surface area contributed by atoms with Gasteiger partial charge < -0.3 is 31.8 Å². The van der Waals surface area contributed by atoms with Gasteiger partial charge in [0.15, 0.2) is 12.1 Å². The van der Waals surface area contributed by atoms with Crippen LogP contribution >= 0.6 is 0 Å². The largest absolute Gasteiger partial charge is 0.326 e. The molecule has 0 amide bonds. The van der Waals surface area contributed by atoms with E-state index in [4.69, 9.17) is 0 Å². The Morgan fingerprint density at radius 1 is 0.578 bits per heavy atom. The van der Waals surface area contributed by atoms with Gasteiger partial charge in [-0.15, -0.1) is 0 Å². The molecule has 0 radical (unpaired) electrons. The molecule has 0 aromatic heterocycles. The maximum atomic E-state index is 2.56. The van der Waals surface area contributed by atoms with Crippen molar-refractivity contribution >= 4 is 0 Å². The fourth-order valence-corrected chi connectivity index (χ4v) is 10.0. The lowest BCUT2D eigenvalue weighted by Gasteiger charge is -2.57. The van der Waals surface area contributed by atoms with Crippen LogP contribution in [0.1, 0.15) is 11.1 Å². The van der Waals surface area contributed by atoms with E-state index in [1.165, 1.54) is 134 Å². The lowest BCUT2D eigenvalue weighted by molar-refractivity contribution is -1.10. The first kappa shape index (κ1) is 35.2. The molecule has 6 heterocycles. The molecule has 8 heteroatoms. The summed E-state index contributed by atoms with van der Waals surface area (Å²) in [4.78, 5) is 2.46. The summed E-state index contributed by atoms with van der Waals surface area (Å²) in [7, 11) is 26.8. The third-order valence-electron chi connectivity index (χ3n) is 13.0. The van der Waals surface area contributed by atoms with Gasteiger partial charge in [-0.05, 0) is 20.2 Å². The summed E-state index contributed by atoms with van der Waals surface area (Å²) >= 11 is 0. The lowest BCUT2D eigenvalue weighted by atomic mass is 10.0. The molecule has 6 aliphatic heterocycles. The second kappa shape index (κ2) is 12.4. The number of likely N-dealkylation sites (N-methyl/N-ethyl adjacent to an activating group) is 6. The Labute approximate surface area is 278 Å². The Hall–Kier alpha value is -1.10. The molecule has 0 N–H and O–H groups in total. The fraction of sp³-hybridized carbons (Fsp3) is 0.838. The monoisotopic (exact) mass is 632 g/mol. The molecule has 1 aromatic carbocycles. The molecule has 0 aliphatic carbocycles. The highest BCUT2D eigenvalue weighted by atomic mass is 15.6. The van der Waals surface area contributed by atoms with Gasteiger partial charge in [0.2, 0.25) is 0 Å². The zero-order valence-corrected chi connectivity index (χ0v) is 31.8. The Kier molecular flexibility index (Phi) is 9.71. The molecule has 7 rings (SSSR count). The van der Waals surface area contributed by atoms with Crippen LogP contribution in [0.3, 0.4) is 0 Å². The Balaban J connectivity index is 1.26. The van der Waals surface area contributed by atoms with Crippen LogP contribution in [0.15, 0.2) is 24.3 Å². The van der Waals surface area contributed by atoms with Crippen LogP contribution in [0.5, 0.6) is 0 Å². The first-order valence-corrected chi connectivity index (χ1v) is 18.3. The molecule has 2 atom stereocenters. The third-order valence-corrected chi connectivity index (χ3v) is 13.0. The minimum absolute atomic E-state index is 0.703. The Morgan fingerprint density at radius 3 is 1.33 bits per heavy atom. The van der Waals surface area contributed by atoms with Crippen molar-refractivity contribution in [2.75, 3.05) is 182 Å². The highest BCUT2D eigenvalue weighted by Gasteiger charge is 2.54. The molecule has 6 aliphatic rings. The number of fused-ring (bicyclic) bond motifs is 6. The summed E-state index contributed by atoms with van der Waals surface area (Å²) in [5.41, 5.74) is 3.02. The van der Waals surface area contributed by atoms with Crippen molar-refractivity contribution in [1.82, 2.24) is 4.90 Å². The van der Waals surface area contributed by atoms with Crippen LogP contribution < -0.4 is 0 Å². The van der Waals surface area contributed by atoms with E-state index in [2.05, 4.69) is 107 Å². The van der Waals surface area contributed by atoms with Gasteiger partial charge in [0.25, 0.3) is 0 Å². The highest BCUT2D eigenvalue weighted by Crippen LogP contribution is 2.32. The second-order valence-corrected chi connectivity index (χ2v) is 19.8. The van der Waals surface area contributed by atoms with Crippen LogP contribution in [0.25, 0.3) is 0 Å². The van der Waals surface area contributed by atoms with Crippen LogP contribution in [-0.4, -0.2) is 231 Å². The van der Waals surface area contributed by atoms with Crippen molar-refractivity contribution in [3.05, 3.63) is 35.4 Å². The summed E-state index contributed by atoms with van der Waals surface area (Å²) < 4.78 is 8.53. The highest BCUT2D eigenvalue weighted by molar-refractivity contribution is 5.22. The van der Waals surface area contributed by atoms with Crippen LogP contribution in [0.4, 0.5) is 0 Å². The van der Waals surface area contributed by atoms with Gasteiger partial charge in [0.05, 0.1) is 70.0 Å². The smallest absolute Gasteiger partial charge is 0.188 e. The normalized spacial score (nSPS) is 33.5. The van der Waals surface area contributed by atoms with Gasteiger partial charge in [-0.1, -0.05) is 18.2 Å². The van der Waals surface area contributed by atoms with Gasteiger partial charge in [0.1, 0.15) is 111 Å². The maximum absolute atomic E-state index is 2.56. The number of hydrogen-bond donors (Lipinski definition) is 0. The average Bonchev–Trinajstić information content (AvgIpc) is 2.92. The summed E-state index contributed by atoms with van der Waals surface area (Å²) in [5.74, 6) is 0. The van der Waals surface area contributed by atoms with Gasteiger partial charge >= 0.3 is 0 Å². The standard InChI is InChI=1S/C37H75N8/c1-38(2)28-36(44-21-15-42(10,16-22-44)17-23-44)32-40(6,7)29-34-13-12-14-35(27-34)30-41(8,9)33-37(31-39(3,4)5)45-24-18-43(11,19-25-45)20-26-45/h12-14,27,36-37H,15-26,28-33H2,1-11H3/q+7. The Bertz CT molecular complexity index is 1120. The van der Waals surface area contributed by atoms with E-state index in [1.807, 2.05) is 0 Å². The Morgan fingerprint density at radius 2 is 0.956 bits per heavy atom. The number of benzene rings is 1. The van der Waals surface area contributed by atoms with Crippen LogP contribution in [0, 0.1) is 0 Å². The van der Waals surface area contributed by atoms with E-state index >= 15 is 0 Å². The average molecular weight is 632 g/mol. The first-order chi connectivity index (χ1) is 20.7. The molecule has 6 fully saturated rings. The molecule has 45 heavy (non-hydrogen) atoms. The van der Waals surface area contributed by atoms with Gasteiger partial charge in [-0.25, -0.2) is 0 Å². The molecule has 256 valence electrons. The zero-order chi connectivity index (χ0) is 32.9. The molecule has 0 saturated carbocycles. The lowest BCUT2D eigenvalue weighted by Crippen LogP contribution is -2.79. The number of rotatable bonds is 14. The summed E-state index contributed by atoms with van der Waals surface area (Å²) in [5, 5.41) is 0. The van der Waals surface area contributed by atoms with E-state index in [1.54, 1.807) is 0 Å². The molecule has 8 nitrogen and oxygen atoms in total. The molecular formula is C37H75N8+7. The topological polar surface area (TPSA) is 3.24 Å². The summed E-state index contributed by atoms with van der Waals surface area (Å²) in [6, 6.07) is 11.1. The van der Waals surface area contributed by atoms with E-state index < -0.39 is 0 Å². The summed E-state index contributed by atoms with van der Waals surface area (Å²) in [6.45, 7) is 23.6. The van der Waals surface area contributed by atoms with E-state index in [9.17, 15) is 0 Å².